The molecule has 4 nitrogen and oxygen atoms in total. The first-order valence-electron chi connectivity index (χ1n) is 6.92. The second-order valence-corrected chi connectivity index (χ2v) is 6.16. The lowest BCUT2D eigenvalue weighted by atomic mass is 10.1. The average Bonchev–Trinajstić information content (AvgIpc) is 2.37. The second-order valence-electron chi connectivity index (χ2n) is 5.32. The maximum absolute atomic E-state index is 9.66. The zero-order valence-electron chi connectivity index (χ0n) is 12.7. The third-order valence-corrected chi connectivity index (χ3v) is 3.23. The lowest BCUT2D eigenvalue weighted by Crippen LogP contribution is -2.24. The predicted octanol–water partition coefficient (Wildman–Crippen LogP) is 3.13. The number of ether oxygens (including phenoxy) is 2. The van der Waals surface area contributed by atoms with Crippen LogP contribution in [-0.2, 0) is 11.3 Å². The van der Waals surface area contributed by atoms with Crippen molar-refractivity contribution in [1.29, 1.82) is 0 Å². The van der Waals surface area contributed by atoms with E-state index in [0.717, 1.165) is 12.1 Å². The Balaban J connectivity index is 2.75. The van der Waals surface area contributed by atoms with Gasteiger partial charge in [0, 0.05) is 24.2 Å². The van der Waals surface area contributed by atoms with E-state index >= 15 is 0 Å². The molecular weight excluding hydrogens is 313 g/mol. The van der Waals surface area contributed by atoms with Crippen molar-refractivity contribution in [2.45, 2.75) is 26.5 Å². The summed E-state index contributed by atoms with van der Waals surface area (Å²) in [6.07, 6.45) is -0.696. The molecular formula is C15H23Cl2NO3. The minimum Gasteiger partial charge on any atom is -0.489 e. The van der Waals surface area contributed by atoms with Crippen LogP contribution in [0.25, 0.3) is 0 Å². The molecule has 1 aromatic rings. The van der Waals surface area contributed by atoms with Gasteiger partial charge in [0.2, 0.25) is 0 Å². The molecule has 0 bridgehead atoms. The van der Waals surface area contributed by atoms with Crippen LogP contribution < -0.4 is 10.1 Å². The third kappa shape index (κ3) is 6.85. The van der Waals surface area contributed by atoms with Crippen molar-refractivity contribution in [1.82, 2.24) is 5.32 Å². The highest BCUT2D eigenvalue weighted by molar-refractivity contribution is 6.35. The van der Waals surface area contributed by atoms with Gasteiger partial charge in [0.15, 0.2) is 0 Å². The third-order valence-electron chi connectivity index (χ3n) is 2.73. The van der Waals surface area contributed by atoms with Crippen molar-refractivity contribution in [2.75, 3.05) is 26.9 Å². The molecule has 0 amide bonds. The highest BCUT2D eigenvalue weighted by atomic mass is 35.5. The Labute approximate surface area is 136 Å². The molecule has 0 aromatic heterocycles. The van der Waals surface area contributed by atoms with Gasteiger partial charge in [-0.1, -0.05) is 37.0 Å². The van der Waals surface area contributed by atoms with E-state index in [9.17, 15) is 5.11 Å². The minimum atomic E-state index is -0.696. The van der Waals surface area contributed by atoms with Gasteiger partial charge < -0.3 is 19.9 Å². The fourth-order valence-corrected chi connectivity index (χ4v) is 2.41. The van der Waals surface area contributed by atoms with Crippen LogP contribution >= 0.6 is 23.2 Å². The Bertz CT molecular complexity index is 441. The summed E-state index contributed by atoms with van der Waals surface area (Å²) in [6.45, 7) is 6.09. The first kappa shape index (κ1) is 18.5. The van der Waals surface area contributed by atoms with Gasteiger partial charge in [-0.25, -0.2) is 0 Å². The Morgan fingerprint density at radius 2 is 1.95 bits per heavy atom. The van der Waals surface area contributed by atoms with Gasteiger partial charge in [0.1, 0.15) is 18.5 Å². The molecule has 1 rings (SSSR count). The van der Waals surface area contributed by atoms with Gasteiger partial charge in [-0.2, -0.15) is 0 Å². The van der Waals surface area contributed by atoms with Crippen molar-refractivity contribution in [3.63, 3.8) is 0 Å². The molecule has 0 heterocycles. The zero-order valence-corrected chi connectivity index (χ0v) is 14.2. The van der Waals surface area contributed by atoms with Crippen LogP contribution in [0.3, 0.4) is 0 Å². The number of aliphatic hydroxyl groups is 1. The molecule has 1 unspecified atom stereocenters. The standard InChI is InChI=1S/C15H23Cl2NO3/c1-10(2)6-18-7-11-4-12(16)5-14(17)15(11)21-9-13(19)8-20-3/h4-5,10,13,18-19H,6-9H2,1-3H3. The van der Waals surface area contributed by atoms with E-state index in [1.165, 1.54) is 7.11 Å². The molecule has 0 spiro atoms. The van der Waals surface area contributed by atoms with E-state index < -0.39 is 6.10 Å². The van der Waals surface area contributed by atoms with Gasteiger partial charge >= 0.3 is 0 Å². The molecule has 120 valence electrons. The van der Waals surface area contributed by atoms with Gasteiger partial charge in [-0.3, -0.25) is 0 Å². The maximum atomic E-state index is 9.66. The predicted molar refractivity (Wildman–Crippen MR) is 86.4 cm³/mol. The summed E-state index contributed by atoms with van der Waals surface area (Å²) in [7, 11) is 1.53. The van der Waals surface area contributed by atoms with E-state index in [-0.39, 0.29) is 13.2 Å². The Hall–Kier alpha value is -0.520. The lowest BCUT2D eigenvalue weighted by molar-refractivity contribution is 0.0323. The van der Waals surface area contributed by atoms with Crippen molar-refractivity contribution < 1.29 is 14.6 Å². The van der Waals surface area contributed by atoms with E-state index in [1.807, 2.05) is 6.07 Å². The van der Waals surface area contributed by atoms with E-state index in [1.54, 1.807) is 6.07 Å². The fraction of sp³-hybridized carbons (Fsp3) is 0.600. The highest BCUT2D eigenvalue weighted by Crippen LogP contribution is 2.32. The molecule has 0 saturated heterocycles. The van der Waals surface area contributed by atoms with Crippen LogP contribution in [0, 0.1) is 5.92 Å². The lowest BCUT2D eigenvalue weighted by Gasteiger charge is -2.17. The average molecular weight is 336 g/mol. The second kappa shape index (κ2) is 9.49. The molecule has 0 aliphatic carbocycles. The maximum Gasteiger partial charge on any atom is 0.142 e. The number of rotatable bonds is 9. The summed E-state index contributed by atoms with van der Waals surface area (Å²) in [5.74, 6) is 1.10. The van der Waals surface area contributed by atoms with Crippen molar-refractivity contribution in [3.05, 3.63) is 27.7 Å². The summed E-state index contributed by atoms with van der Waals surface area (Å²) < 4.78 is 10.5. The number of aliphatic hydroxyl groups excluding tert-OH is 1. The molecule has 0 aliphatic heterocycles. The monoisotopic (exact) mass is 335 g/mol. The van der Waals surface area contributed by atoms with Crippen LogP contribution in [0.2, 0.25) is 10.0 Å². The fourth-order valence-electron chi connectivity index (χ4n) is 1.82. The molecule has 0 saturated carbocycles. The molecule has 21 heavy (non-hydrogen) atoms. The molecule has 1 aromatic carbocycles. The number of hydrogen-bond acceptors (Lipinski definition) is 4. The molecule has 2 N–H and O–H groups in total. The van der Waals surface area contributed by atoms with Crippen molar-refractivity contribution >= 4 is 23.2 Å². The summed E-state index contributed by atoms with van der Waals surface area (Å²) in [5, 5.41) is 14.0. The molecule has 0 fully saturated rings. The Morgan fingerprint density at radius 3 is 2.57 bits per heavy atom. The topological polar surface area (TPSA) is 50.7 Å². The number of nitrogens with one attached hydrogen (secondary N) is 1. The number of halogens is 2. The smallest absolute Gasteiger partial charge is 0.142 e. The quantitative estimate of drug-likeness (QED) is 0.727. The van der Waals surface area contributed by atoms with Crippen molar-refractivity contribution in [2.24, 2.45) is 5.92 Å². The normalized spacial score (nSPS) is 12.7. The van der Waals surface area contributed by atoms with Crippen molar-refractivity contribution in [3.8, 4) is 5.75 Å². The Kier molecular flexibility index (Phi) is 8.37. The number of hydrogen-bond donors (Lipinski definition) is 2. The summed E-state index contributed by atoms with van der Waals surface area (Å²) in [4.78, 5) is 0. The first-order chi connectivity index (χ1) is 9.93. The van der Waals surface area contributed by atoms with E-state index in [0.29, 0.717) is 28.3 Å². The van der Waals surface area contributed by atoms with Crippen LogP contribution in [0.1, 0.15) is 19.4 Å². The first-order valence-corrected chi connectivity index (χ1v) is 7.68. The van der Waals surface area contributed by atoms with Crippen LogP contribution in [-0.4, -0.2) is 38.1 Å². The number of benzene rings is 1. The zero-order chi connectivity index (χ0) is 15.8. The van der Waals surface area contributed by atoms with E-state index in [2.05, 4.69) is 19.2 Å². The van der Waals surface area contributed by atoms with E-state index in [4.69, 9.17) is 32.7 Å². The summed E-state index contributed by atoms with van der Waals surface area (Å²) >= 11 is 12.2. The van der Waals surface area contributed by atoms with Gasteiger partial charge in [0.25, 0.3) is 0 Å². The SMILES string of the molecule is COCC(O)COc1c(Cl)cc(Cl)cc1CNCC(C)C. The van der Waals surface area contributed by atoms with Crippen LogP contribution in [0.4, 0.5) is 0 Å². The van der Waals surface area contributed by atoms with Crippen LogP contribution in [0.5, 0.6) is 5.75 Å². The molecule has 0 aliphatic rings. The van der Waals surface area contributed by atoms with Crippen LogP contribution in [0.15, 0.2) is 12.1 Å². The largest absolute Gasteiger partial charge is 0.489 e. The molecule has 0 radical (unpaired) electrons. The van der Waals surface area contributed by atoms with Gasteiger partial charge in [0.05, 0.1) is 11.6 Å². The van der Waals surface area contributed by atoms with Gasteiger partial charge in [-0.05, 0) is 24.6 Å². The number of methoxy groups -OCH3 is 1. The Morgan fingerprint density at radius 1 is 1.24 bits per heavy atom. The molecule has 1 atom stereocenters. The summed E-state index contributed by atoms with van der Waals surface area (Å²) in [6, 6.07) is 3.45. The van der Waals surface area contributed by atoms with Gasteiger partial charge in [-0.15, -0.1) is 0 Å². The molecule has 6 heteroatoms. The minimum absolute atomic E-state index is 0.117. The highest BCUT2D eigenvalue weighted by Gasteiger charge is 2.13. The summed E-state index contributed by atoms with van der Waals surface area (Å²) in [5.41, 5.74) is 0.873.